The molecule has 1 aliphatic carbocycles. The highest BCUT2D eigenvalue weighted by Crippen LogP contribution is 2.29. The minimum Gasteiger partial charge on any atom is -0.339 e. The molecule has 0 unspecified atom stereocenters. The minimum atomic E-state index is -0.293. The summed E-state index contributed by atoms with van der Waals surface area (Å²) in [6, 6.07) is 5.49. The zero-order chi connectivity index (χ0) is 24.4. The largest absolute Gasteiger partial charge is 0.339 e. The Hall–Kier alpha value is -4.01. The lowest BCUT2D eigenvalue weighted by Gasteiger charge is -2.12. The summed E-state index contributed by atoms with van der Waals surface area (Å²) in [6.45, 7) is 1.81. The number of amides is 2. The third-order valence-electron chi connectivity index (χ3n) is 6.62. The topological polar surface area (TPSA) is 118 Å². The van der Waals surface area contributed by atoms with Crippen molar-refractivity contribution in [1.82, 2.24) is 24.7 Å². The molecule has 9 heteroatoms. The molecule has 2 amide bonds. The van der Waals surface area contributed by atoms with Gasteiger partial charge in [0.15, 0.2) is 0 Å². The van der Waals surface area contributed by atoms with Crippen LogP contribution in [0.25, 0.3) is 22.3 Å². The molecule has 0 spiro atoms. The summed E-state index contributed by atoms with van der Waals surface area (Å²) in [4.78, 5) is 37.4. The number of H-pyrrole nitrogens is 1. The van der Waals surface area contributed by atoms with E-state index in [1.165, 1.54) is 25.7 Å². The molecule has 180 valence electrons. The van der Waals surface area contributed by atoms with Crippen molar-refractivity contribution in [2.45, 2.75) is 45.4 Å². The average molecular weight is 472 g/mol. The van der Waals surface area contributed by atoms with Gasteiger partial charge < -0.3 is 15.6 Å². The second-order valence-corrected chi connectivity index (χ2v) is 9.30. The zero-order valence-electron chi connectivity index (χ0n) is 20.0. The quantitative estimate of drug-likeness (QED) is 0.357. The van der Waals surface area contributed by atoms with Gasteiger partial charge in [0.25, 0.3) is 5.91 Å². The maximum Gasteiger partial charge on any atom is 0.257 e. The Morgan fingerprint density at radius 1 is 1.09 bits per heavy atom. The third kappa shape index (κ3) is 5.24. The van der Waals surface area contributed by atoms with E-state index in [4.69, 9.17) is 0 Å². The first-order chi connectivity index (χ1) is 16.9. The molecule has 0 atom stereocenters. The second kappa shape index (κ2) is 9.69. The summed E-state index contributed by atoms with van der Waals surface area (Å²) in [5, 5.41) is 10.8. The highest BCUT2D eigenvalue weighted by atomic mass is 16.2. The Morgan fingerprint density at radius 2 is 1.91 bits per heavy atom. The molecule has 9 nitrogen and oxygen atoms in total. The van der Waals surface area contributed by atoms with Gasteiger partial charge in [0, 0.05) is 36.8 Å². The summed E-state index contributed by atoms with van der Waals surface area (Å²) < 4.78 is 1.73. The molecule has 0 aliphatic heterocycles. The number of fused-ring (bicyclic) bond motifs is 1. The lowest BCUT2D eigenvalue weighted by Crippen LogP contribution is -2.16. The van der Waals surface area contributed by atoms with Crippen molar-refractivity contribution in [1.29, 1.82) is 0 Å². The molecule has 1 fully saturated rings. The predicted octanol–water partition coefficient (Wildman–Crippen LogP) is 4.83. The van der Waals surface area contributed by atoms with Crippen LogP contribution in [0.1, 0.15) is 54.6 Å². The monoisotopic (exact) mass is 471 g/mol. The van der Waals surface area contributed by atoms with Crippen LogP contribution in [0.5, 0.6) is 0 Å². The number of aryl methyl sites for hydroxylation is 2. The summed E-state index contributed by atoms with van der Waals surface area (Å²) in [6.07, 6.45) is 13.3. The summed E-state index contributed by atoms with van der Waals surface area (Å²) in [5.41, 5.74) is 4.74. The fraction of sp³-hybridized carbons (Fsp3) is 0.346. The molecular formula is C26H29N7O2. The number of carbonyl (C=O) groups excluding carboxylic acids is 2. The molecule has 4 aromatic rings. The summed E-state index contributed by atoms with van der Waals surface area (Å²) in [7, 11) is 1.86. The number of nitrogens with zero attached hydrogens (tertiary/aromatic N) is 4. The van der Waals surface area contributed by atoms with E-state index < -0.39 is 0 Å². The van der Waals surface area contributed by atoms with Gasteiger partial charge in [0.05, 0.1) is 40.7 Å². The number of rotatable bonds is 7. The highest BCUT2D eigenvalue weighted by Gasteiger charge is 2.17. The van der Waals surface area contributed by atoms with Gasteiger partial charge in [0.1, 0.15) is 5.65 Å². The number of carbonyl (C=O) groups is 2. The highest BCUT2D eigenvalue weighted by molar-refractivity contribution is 6.06. The molecule has 5 rings (SSSR count). The standard InChI is InChI=1S/C26H29N7O2/c1-16-22(11-21(14-27-16)30-24(34)8-7-17-5-3-4-6-17)32-26(35)19-9-18-10-23(31-25(18)28-12-19)20-13-29-33(2)15-20/h9-15,17H,3-8H2,1-2H3,(H,28,31)(H,30,34)(H,32,35). The van der Waals surface area contributed by atoms with E-state index in [0.717, 1.165) is 23.1 Å². The number of pyridine rings is 2. The van der Waals surface area contributed by atoms with Gasteiger partial charge in [0.2, 0.25) is 5.91 Å². The van der Waals surface area contributed by atoms with E-state index >= 15 is 0 Å². The minimum absolute atomic E-state index is 0.0219. The maximum atomic E-state index is 13.0. The van der Waals surface area contributed by atoms with Crippen LogP contribution >= 0.6 is 0 Å². The van der Waals surface area contributed by atoms with E-state index in [1.807, 2.05) is 26.2 Å². The maximum absolute atomic E-state index is 13.0. The van der Waals surface area contributed by atoms with Crippen molar-refractivity contribution in [3.05, 3.63) is 54.2 Å². The first-order valence-corrected chi connectivity index (χ1v) is 12.0. The van der Waals surface area contributed by atoms with Gasteiger partial charge in [-0.1, -0.05) is 25.7 Å². The molecule has 4 heterocycles. The van der Waals surface area contributed by atoms with Crippen molar-refractivity contribution < 1.29 is 9.59 Å². The van der Waals surface area contributed by atoms with Crippen molar-refractivity contribution in [3.8, 4) is 11.3 Å². The number of aromatic nitrogens is 5. The van der Waals surface area contributed by atoms with Crippen LogP contribution in [0.4, 0.5) is 11.4 Å². The number of hydrogen-bond acceptors (Lipinski definition) is 5. The third-order valence-corrected chi connectivity index (χ3v) is 6.62. The lowest BCUT2D eigenvalue weighted by atomic mass is 10.0. The number of anilines is 2. The Labute approximate surface area is 203 Å². The van der Waals surface area contributed by atoms with Gasteiger partial charge in [-0.15, -0.1) is 0 Å². The number of aromatic amines is 1. The molecule has 3 N–H and O–H groups in total. The van der Waals surface area contributed by atoms with Gasteiger partial charge in [-0.3, -0.25) is 19.3 Å². The van der Waals surface area contributed by atoms with Crippen LogP contribution < -0.4 is 10.6 Å². The lowest BCUT2D eigenvalue weighted by molar-refractivity contribution is -0.116. The van der Waals surface area contributed by atoms with E-state index in [-0.39, 0.29) is 11.8 Å². The SMILES string of the molecule is Cc1ncc(NC(=O)CCC2CCCC2)cc1NC(=O)c1cnc2[nH]c(-c3cnn(C)c3)cc2c1. The van der Waals surface area contributed by atoms with Crippen LogP contribution in [-0.4, -0.2) is 36.5 Å². The van der Waals surface area contributed by atoms with Gasteiger partial charge in [-0.2, -0.15) is 5.10 Å². The second-order valence-electron chi connectivity index (χ2n) is 9.30. The number of nitrogens with one attached hydrogen (secondary N) is 3. The summed E-state index contributed by atoms with van der Waals surface area (Å²) in [5.74, 6) is 0.350. The van der Waals surface area contributed by atoms with Crippen LogP contribution in [0.3, 0.4) is 0 Å². The molecule has 1 saturated carbocycles. The molecule has 1 aliphatic rings. The predicted molar refractivity (Wildman–Crippen MR) is 135 cm³/mol. The Morgan fingerprint density at radius 3 is 2.69 bits per heavy atom. The van der Waals surface area contributed by atoms with E-state index in [1.54, 1.807) is 35.4 Å². The molecule has 0 aromatic carbocycles. The van der Waals surface area contributed by atoms with Crippen molar-refractivity contribution in [2.24, 2.45) is 13.0 Å². The van der Waals surface area contributed by atoms with Gasteiger partial charge >= 0.3 is 0 Å². The first-order valence-electron chi connectivity index (χ1n) is 12.0. The van der Waals surface area contributed by atoms with Crippen molar-refractivity contribution in [2.75, 3.05) is 10.6 Å². The molecule has 35 heavy (non-hydrogen) atoms. The van der Waals surface area contributed by atoms with Gasteiger partial charge in [-0.05, 0) is 37.5 Å². The van der Waals surface area contributed by atoms with E-state index in [9.17, 15) is 9.59 Å². The molecule has 4 aromatic heterocycles. The van der Waals surface area contributed by atoms with Crippen LogP contribution in [0.15, 0.2) is 43.0 Å². The fourth-order valence-corrected chi connectivity index (χ4v) is 4.64. The molecule has 0 bridgehead atoms. The number of hydrogen-bond donors (Lipinski definition) is 3. The first kappa shape index (κ1) is 22.8. The molecular weight excluding hydrogens is 442 g/mol. The Balaban J connectivity index is 1.26. The Kier molecular flexibility index (Phi) is 6.31. The fourth-order valence-electron chi connectivity index (χ4n) is 4.64. The van der Waals surface area contributed by atoms with E-state index in [2.05, 4.69) is 30.7 Å². The summed E-state index contributed by atoms with van der Waals surface area (Å²) >= 11 is 0. The van der Waals surface area contributed by atoms with Crippen LogP contribution in [0, 0.1) is 12.8 Å². The average Bonchev–Trinajstić information content (AvgIpc) is 3.60. The van der Waals surface area contributed by atoms with Crippen LogP contribution in [0.2, 0.25) is 0 Å². The normalized spacial score (nSPS) is 13.9. The van der Waals surface area contributed by atoms with Crippen molar-refractivity contribution in [3.63, 3.8) is 0 Å². The van der Waals surface area contributed by atoms with E-state index in [0.29, 0.717) is 40.6 Å². The smallest absolute Gasteiger partial charge is 0.257 e. The Bertz CT molecular complexity index is 1380. The van der Waals surface area contributed by atoms with Gasteiger partial charge in [-0.25, -0.2) is 4.98 Å². The van der Waals surface area contributed by atoms with Crippen LogP contribution in [-0.2, 0) is 11.8 Å². The van der Waals surface area contributed by atoms with Crippen molar-refractivity contribution >= 4 is 34.2 Å². The molecule has 0 radical (unpaired) electrons. The molecule has 0 saturated heterocycles. The zero-order valence-corrected chi connectivity index (χ0v) is 20.0.